The zero-order chi connectivity index (χ0) is 12.3. The lowest BCUT2D eigenvalue weighted by Gasteiger charge is -2.29. The summed E-state index contributed by atoms with van der Waals surface area (Å²) >= 11 is 0. The largest absolute Gasteiger partial charge is 0.497 e. The highest BCUT2D eigenvalue weighted by Gasteiger charge is 2.20. The number of piperidine rings is 1. The molecule has 2 rings (SSSR count). The Bertz CT molecular complexity index is 404. The molecular weight excluding hydrogens is 214 g/mol. The van der Waals surface area contributed by atoms with Crippen molar-refractivity contribution in [1.29, 1.82) is 0 Å². The molecule has 1 saturated heterocycles. The predicted molar refractivity (Wildman–Crippen MR) is 68.2 cm³/mol. The van der Waals surface area contributed by atoms with E-state index in [-0.39, 0.29) is 0 Å². The Balaban J connectivity index is 2.31. The number of rotatable bonds is 3. The van der Waals surface area contributed by atoms with Gasteiger partial charge in [-0.25, -0.2) is 0 Å². The molecule has 3 heteroatoms. The number of ether oxygens (including phenoxy) is 2. The lowest BCUT2D eigenvalue weighted by molar-refractivity contribution is 0.227. The summed E-state index contributed by atoms with van der Waals surface area (Å²) in [6.45, 7) is 5.77. The fourth-order valence-corrected chi connectivity index (χ4v) is 2.26. The minimum Gasteiger partial charge on any atom is -0.497 e. The van der Waals surface area contributed by atoms with Crippen LogP contribution in [0.5, 0.6) is 0 Å². The Morgan fingerprint density at radius 1 is 1.29 bits per heavy atom. The maximum atomic E-state index is 5.39. The summed E-state index contributed by atoms with van der Waals surface area (Å²) in [5.41, 5.74) is 2.71. The molecule has 0 aromatic heterocycles. The molecule has 92 valence electrons. The van der Waals surface area contributed by atoms with Crippen molar-refractivity contribution < 1.29 is 9.47 Å². The first-order valence-electron chi connectivity index (χ1n) is 5.86. The van der Waals surface area contributed by atoms with E-state index in [1.54, 1.807) is 14.2 Å². The van der Waals surface area contributed by atoms with Crippen molar-refractivity contribution in [2.24, 2.45) is 0 Å². The lowest BCUT2D eigenvalue weighted by Crippen LogP contribution is -2.27. The molecule has 17 heavy (non-hydrogen) atoms. The zero-order valence-corrected chi connectivity index (χ0v) is 10.5. The number of methoxy groups -OCH3 is 2. The van der Waals surface area contributed by atoms with Crippen molar-refractivity contribution in [2.45, 2.75) is 12.8 Å². The van der Waals surface area contributed by atoms with Gasteiger partial charge < -0.3 is 14.4 Å². The third-order valence-corrected chi connectivity index (χ3v) is 3.29. The van der Waals surface area contributed by atoms with Gasteiger partial charge in [-0.2, -0.15) is 0 Å². The van der Waals surface area contributed by atoms with Gasteiger partial charge in [-0.1, -0.05) is 12.7 Å². The van der Waals surface area contributed by atoms with Crippen LogP contribution < -0.4 is 0 Å². The molecule has 2 aliphatic rings. The van der Waals surface area contributed by atoms with E-state index in [1.165, 1.54) is 11.1 Å². The summed E-state index contributed by atoms with van der Waals surface area (Å²) in [4.78, 5) is 2.22. The van der Waals surface area contributed by atoms with Gasteiger partial charge in [0.05, 0.1) is 14.2 Å². The van der Waals surface area contributed by atoms with Gasteiger partial charge in [-0.3, -0.25) is 0 Å². The molecule has 0 aromatic rings. The van der Waals surface area contributed by atoms with Crippen LogP contribution in [0.4, 0.5) is 0 Å². The van der Waals surface area contributed by atoms with E-state index in [0.29, 0.717) is 0 Å². The standard InChI is InChI=1S/C14H19NO2/c1-4-15-8-7-11-5-6-13(16-2)14(17-3)9-12(11)10-15/h4-5,9H,1,6-8,10H2,2-3H3. The maximum absolute atomic E-state index is 5.39. The number of likely N-dealkylation sites (tertiary alicyclic amines) is 1. The second-order valence-electron chi connectivity index (χ2n) is 4.20. The van der Waals surface area contributed by atoms with Gasteiger partial charge in [0.25, 0.3) is 0 Å². The van der Waals surface area contributed by atoms with Crippen LogP contribution in [0.25, 0.3) is 0 Å². The highest BCUT2D eigenvalue weighted by atomic mass is 16.5. The fraction of sp³-hybridized carbons (Fsp3) is 0.429. The minimum atomic E-state index is 0.809. The minimum absolute atomic E-state index is 0.809. The van der Waals surface area contributed by atoms with Gasteiger partial charge in [0.2, 0.25) is 0 Å². The van der Waals surface area contributed by atoms with Gasteiger partial charge in [-0.05, 0) is 29.8 Å². The van der Waals surface area contributed by atoms with Crippen molar-refractivity contribution in [3.05, 3.63) is 47.6 Å². The molecule has 0 atom stereocenters. The highest BCUT2D eigenvalue weighted by Crippen LogP contribution is 2.29. The van der Waals surface area contributed by atoms with Crippen LogP contribution in [0.3, 0.4) is 0 Å². The fourth-order valence-electron chi connectivity index (χ4n) is 2.26. The van der Waals surface area contributed by atoms with E-state index in [9.17, 15) is 0 Å². The van der Waals surface area contributed by atoms with Crippen molar-refractivity contribution in [3.8, 4) is 0 Å². The average molecular weight is 233 g/mol. The molecular formula is C14H19NO2. The lowest BCUT2D eigenvalue weighted by atomic mass is 9.97. The van der Waals surface area contributed by atoms with Gasteiger partial charge in [0.15, 0.2) is 5.76 Å². The van der Waals surface area contributed by atoms with Gasteiger partial charge in [0, 0.05) is 19.5 Å². The van der Waals surface area contributed by atoms with E-state index in [1.807, 2.05) is 6.20 Å². The van der Waals surface area contributed by atoms with Gasteiger partial charge >= 0.3 is 0 Å². The number of fused-ring (bicyclic) bond motifs is 1. The Kier molecular flexibility index (Phi) is 3.57. The predicted octanol–water partition coefficient (Wildman–Crippen LogP) is 2.60. The van der Waals surface area contributed by atoms with Crippen molar-refractivity contribution in [3.63, 3.8) is 0 Å². The van der Waals surface area contributed by atoms with Crippen molar-refractivity contribution >= 4 is 0 Å². The topological polar surface area (TPSA) is 21.7 Å². The van der Waals surface area contributed by atoms with Crippen molar-refractivity contribution in [2.75, 3.05) is 27.3 Å². The Morgan fingerprint density at radius 2 is 2.12 bits per heavy atom. The first-order valence-corrected chi connectivity index (χ1v) is 5.86. The normalized spacial score (nSPS) is 20.0. The van der Waals surface area contributed by atoms with Crippen LogP contribution in [0.2, 0.25) is 0 Å². The molecule has 0 saturated carbocycles. The molecule has 1 aliphatic heterocycles. The third kappa shape index (κ3) is 2.38. The Hall–Kier alpha value is -1.64. The van der Waals surface area contributed by atoms with Gasteiger partial charge in [0.1, 0.15) is 5.76 Å². The van der Waals surface area contributed by atoms with Gasteiger partial charge in [-0.15, -0.1) is 0 Å². The summed E-state index contributed by atoms with van der Waals surface area (Å²) in [6, 6.07) is 0. The number of hydrogen-bond donors (Lipinski definition) is 0. The molecule has 0 spiro atoms. The molecule has 0 unspecified atom stereocenters. The van der Waals surface area contributed by atoms with E-state index in [0.717, 1.165) is 37.4 Å². The summed E-state index contributed by atoms with van der Waals surface area (Å²) in [6.07, 6.45) is 8.11. The number of nitrogens with zero attached hydrogens (tertiary/aromatic N) is 1. The summed E-state index contributed by atoms with van der Waals surface area (Å²) < 4.78 is 10.8. The third-order valence-electron chi connectivity index (χ3n) is 3.29. The van der Waals surface area contributed by atoms with E-state index >= 15 is 0 Å². The molecule has 0 aromatic carbocycles. The smallest absolute Gasteiger partial charge is 0.157 e. The second-order valence-corrected chi connectivity index (χ2v) is 4.20. The molecule has 1 heterocycles. The summed E-state index contributed by atoms with van der Waals surface area (Å²) in [7, 11) is 3.38. The summed E-state index contributed by atoms with van der Waals surface area (Å²) in [5, 5.41) is 0. The quantitative estimate of drug-likeness (QED) is 0.748. The van der Waals surface area contributed by atoms with Crippen LogP contribution in [0.15, 0.2) is 47.6 Å². The summed E-state index contributed by atoms with van der Waals surface area (Å²) in [5.74, 6) is 1.73. The van der Waals surface area contributed by atoms with Crippen LogP contribution in [-0.2, 0) is 9.47 Å². The molecule has 0 bridgehead atoms. The SMILES string of the molecule is C=CN1CCC2=CCC(OC)=C(OC)C=C2C1. The molecule has 3 nitrogen and oxygen atoms in total. The molecule has 1 aliphatic carbocycles. The van der Waals surface area contributed by atoms with E-state index in [4.69, 9.17) is 9.47 Å². The average Bonchev–Trinajstić information content (AvgIpc) is 2.56. The molecule has 0 radical (unpaired) electrons. The number of hydrogen-bond acceptors (Lipinski definition) is 3. The van der Waals surface area contributed by atoms with Crippen LogP contribution in [0, 0.1) is 0 Å². The molecule has 0 N–H and O–H groups in total. The molecule has 0 amide bonds. The van der Waals surface area contributed by atoms with Crippen LogP contribution in [0.1, 0.15) is 12.8 Å². The van der Waals surface area contributed by atoms with E-state index in [2.05, 4.69) is 23.6 Å². The first-order chi connectivity index (χ1) is 8.28. The van der Waals surface area contributed by atoms with Crippen LogP contribution in [-0.4, -0.2) is 32.2 Å². The first kappa shape index (κ1) is 11.8. The van der Waals surface area contributed by atoms with Crippen LogP contribution >= 0.6 is 0 Å². The number of allylic oxidation sites excluding steroid dienone is 2. The Morgan fingerprint density at radius 3 is 2.76 bits per heavy atom. The maximum Gasteiger partial charge on any atom is 0.157 e. The molecule has 1 fully saturated rings. The monoisotopic (exact) mass is 233 g/mol. The second kappa shape index (κ2) is 5.13. The van der Waals surface area contributed by atoms with E-state index < -0.39 is 0 Å². The zero-order valence-electron chi connectivity index (χ0n) is 10.5. The van der Waals surface area contributed by atoms with Crippen molar-refractivity contribution in [1.82, 2.24) is 4.90 Å². The Labute approximate surface area is 103 Å². The highest BCUT2D eigenvalue weighted by molar-refractivity contribution is 5.42.